The Morgan fingerprint density at radius 3 is 2.55 bits per heavy atom. The van der Waals surface area contributed by atoms with Crippen molar-refractivity contribution in [3.05, 3.63) is 23.2 Å². The predicted molar refractivity (Wildman–Crippen MR) is 82.2 cm³/mol. The van der Waals surface area contributed by atoms with Gasteiger partial charge in [-0.3, -0.25) is 0 Å². The maximum atomic E-state index is 12.3. The van der Waals surface area contributed by atoms with Gasteiger partial charge in [-0.1, -0.05) is 37.8 Å². The fourth-order valence-corrected chi connectivity index (χ4v) is 3.98. The summed E-state index contributed by atoms with van der Waals surface area (Å²) < 4.78 is 27.2. The third kappa shape index (κ3) is 3.65. The number of hydrogen-bond acceptors (Lipinski definition) is 3. The van der Waals surface area contributed by atoms with E-state index in [9.17, 15) is 8.42 Å². The molecule has 0 amide bonds. The van der Waals surface area contributed by atoms with E-state index >= 15 is 0 Å². The number of hydrogen-bond donors (Lipinski definition) is 2. The van der Waals surface area contributed by atoms with Crippen LogP contribution in [0.2, 0.25) is 5.02 Å². The number of benzene rings is 1. The van der Waals surface area contributed by atoms with Crippen molar-refractivity contribution in [2.75, 3.05) is 12.3 Å². The van der Waals surface area contributed by atoms with Crippen LogP contribution in [0.25, 0.3) is 0 Å². The minimum absolute atomic E-state index is 0.0588. The maximum Gasteiger partial charge on any atom is 0.240 e. The number of sulfonamides is 1. The lowest BCUT2D eigenvalue weighted by atomic mass is 9.76. The molecule has 0 unspecified atom stereocenters. The first-order valence-corrected chi connectivity index (χ1v) is 8.73. The third-order valence-electron chi connectivity index (χ3n) is 4.03. The van der Waals surface area contributed by atoms with E-state index in [-0.39, 0.29) is 16.0 Å². The molecule has 3 N–H and O–H groups in total. The van der Waals surface area contributed by atoms with Crippen LogP contribution in [0.5, 0.6) is 0 Å². The molecule has 1 aliphatic carbocycles. The SMILES string of the molecule is CC1(CNS(=O)(=O)c2ccc(Cl)c(N)c2)CCCCC1. The van der Waals surface area contributed by atoms with E-state index in [1.54, 1.807) is 0 Å². The first kappa shape index (κ1) is 15.6. The molecule has 1 aromatic carbocycles. The van der Waals surface area contributed by atoms with Gasteiger partial charge in [0.25, 0.3) is 0 Å². The number of anilines is 1. The monoisotopic (exact) mass is 316 g/mol. The highest BCUT2D eigenvalue weighted by molar-refractivity contribution is 7.89. The van der Waals surface area contributed by atoms with Gasteiger partial charge in [0.15, 0.2) is 0 Å². The van der Waals surface area contributed by atoms with Gasteiger partial charge in [0.2, 0.25) is 10.0 Å². The first-order chi connectivity index (χ1) is 9.32. The van der Waals surface area contributed by atoms with Crippen molar-refractivity contribution in [2.24, 2.45) is 5.41 Å². The van der Waals surface area contributed by atoms with Crippen LogP contribution in [0.4, 0.5) is 5.69 Å². The average Bonchev–Trinajstić information content (AvgIpc) is 2.41. The Bertz CT molecular complexity index is 581. The van der Waals surface area contributed by atoms with Crippen molar-refractivity contribution in [3.8, 4) is 0 Å². The van der Waals surface area contributed by atoms with Crippen molar-refractivity contribution in [1.82, 2.24) is 4.72 Å². The topological polar surface area (TPSA) is 72.2 Å². The molecule has 0 aromatic heterocycles. The summed E-state index contributed by atoms with van der Waals surface area (Å²) in [6.45, 7) is 2.61. The van der Waals surface area contributed by atoms with Crippen LogP contribution in [0.1, 0.15) is 39.0 Å². The van der Waals surface area contributed by atoms with Crippen LogP contribution in [-0.2, 0) is 10.0 Å². The Labute approximate surface area is 125 Å². The molecule has 6 heteroatoms. The fourth-order valence-electron chi connectivity index (χ4n) is 2.62. The van der Waals surface area contributed by atoms with Crippen LogP contribution in [0.15, 0.2) is 23.1 Å². The number of nitrogens with one attached hydrogen (secondary N) is 1. The minimum Gasteiger partial charge on any atom is -0.397 e. The number of nitrogen functional groups attached to an aromatic ring is 1. The zero-order valence-corrected chi connectivity index (χ0v) is 13.2. The highest BCUT2D eigenvalue weighted by atomic mass is 35.5. The lowest BCUT2D eigenvalue weighted by molar-refractivity contribution is 0.219. The molecule has 0 bridgehead atoms. The van der Waals surface area contributed by atoms with Crippen LogP contribution in [-0.4, -0.2) is 15.0 Å². The Balaban J connectivity index is 2.09. The second-order valence-corrected chi connectivity index (χ2v) is 8.05. The molecule has 112 valence electrons. The number of rotatable bonds is 4. The van der Waals surface area contributed by atoms with Crippen LogP contribution in [0, 0.1) is 5.41 Å². The molecule has 0 spiro atoms. The van der Waals surface area contributed by atoms with Crippen LogP contribution in [0.3, 0.4) is 0 Å². The van der Waals surface area contributed by atoms with E-state index in [0.29, 0.717) is 11.6 Å². The average molecular weight is 317 g/mol. The van der Waals surface area contributed by atoms with E-state index in [1.807, 2.05) is 0 Å². The summed E-state index contributed by atoms with van der Waals surface area (Å²) in [7, 11) is -3.53. The predicted octanol–water partition coefficient (Wildman–Crippen LogP) is 3.17. The second-order valence-electron chi connectivity index (χ2n) is 5.88. The van der Waals surface area contributed by atoms with E-state index < -0.39 is 10.0 Å². The second kappa shape index (κ2) is 5.92. The number of nitrogens with two attached hydrogens (primary N) is 1. The molecule has 0 atom stereocenters. The molecular weight excluding hydrogens is 296 g/mol. The molecule has 1 aliphatic rings. The zero-order valence-electron chi connectivity index (χ0n) is 11.7. The Kier molecular flexibility index (Phi) is 4.62. The van der Waals surface area contributed by atoms with E-state index in [4.69, 9.17) is 17.3 Å². The summed E-state index contributed by atoms with van der Waals surface area (Å²) in [5, 5.41) is 0.364. The molecule has 2 rings (SSSR count). The fraction of sp³-hybridized carbons (Fsp3) is 0.571. The summed E-state index contributed by atoms with van der Waals surface area (Å²) in [5.74, 6) is 0. The quantitative estimate of drug-likeness (QED) is 0.838. The van der Waals surface area contributed by atoms with Crippen molar-refractivity contribution >= 4 is 27.3 Å². The van der Waals surface area contributed by atoms with Crippen LogP contribution < -0.4 is 10.5 Å². The van der Waals surface area contributed by atoms with Crippen molar-refractivity contribution in [2.45, 2.75) is 43.9 Å². The Hall–Kier alpha value is -0.780. The Morgan fingerprint density at radius 1 is 1.30 bits per heavy atom. The molecule has 0 saturated heterocycles. The van der Waals surface area contributed by atoms with Crippen LogP contribution >= 0.6 is 11.6 Å². The molecule has 0 aliphatic heterocycles. The maximum absolute atomic E-state index is 12.3. The summed E-state index contributed by atoms with van der Waals surface area (Å²) in [6, 6.07) is 4.38. The van der Waals surface area contributed by atoms with E-state index in [2.05, 4.69) is 11.6 Å². The van der Waals surface area contributed by atoms with Crippen molar-refractivity contribution < 1.29 is 8.42 Å². The highest BCUT2D eigenvalue weighted by Crippen LogP contribution is 2.35. The van der Waals surface area contributed by atoms with Gasteiger partial charge >= 0.3 is 0 Å². The highest BCUT2D eigenvalue weighted by Gasteiger charge is 2.28. The smallest absolute Gasteiger partial charge is 0.240 e. The van der Waals surface area contributed by atoms with Crippen molar-refractivity contribution in [1.29, 1.82) is 0 Å². The third-order valence-corrected chi connectivity index (χ3v) is 5.77. The van der Waals surface area contributed by atoms with Gasteiger partial charge in [0.05, 0.1) is 15.6 Å². The van der Waals surface area contributed by atoms with Gasteiger partial charge in [-0.05, 0) is 36.5 Å². The summed E-state index contributed by atoms with van der Waals surface area (Å²) in [4.78, 5) is 0.166. The molecule has 4 nitrogen and oxygen atoms in total. The van der Waals surface area contributed by atoms with Gasteiger partial charge in [-0.2, -0.15) is 0 Å². The number of halogens is 1. The summed E-state index contributed by atoms with van der Waals surface area (Å²) >= 11 is 5.81. The standard InChI is InChI=1S/C14H21ClN2O2S/c1-14(7-3-2-4-8-14)10-17-20(18,19)11-5-6-12(15)13(16)9-11/h5-6,9,17H,2-4,7-8,10,16H2,1H3. The van der Waals surface area contributed by atoms with Gasteiger partial charge in [-0.25, -0.2) is 13.1 Å². The van der Waals surface area contributed by atoms with Gasteiger partial charge in [0.1, 0.15) is 0 Å². The van der Waals surface area contributed by atoms with Crippen molar-refractivity contribution in [3.63, 3.8) is 0 Å². The molecule has 20 heavy (non-hydrogen) atoms. The minimum atomic E-state index is -3.53. The molecule has 1 aromatic rings. The Morgan fingerprint density at radius 2 is 1.95 bits per heavy atom. The molecule has 0 heterocycles. The first-order valence-electron chi connectivity index (χ1n) is 6.87. The normalized spacial score (nSPS) is 18.9. The summed E-state index contributed by atoms with van der Waals surface area (Å²) in [5.41, 5.74) is 5.99. The zero-order chi connectivity index (χ0) is 14.8. The largest absolute Gasteiger partial charge is 0.397 e. The van der Waals surface area contributed by atoms with Gasteiger partial charge in [0, 0.05) is 6.54 Å². The van der Waals surface area contributed by atoms with E-state index in [0.717, 1.165) is 12.8 Å². The molecule has 0 radical (unpaired) electrons. The summed E-state index contributed by atoms with van der Waals surface area (Å²) in [6.07, 6.45) is 5.73. The lowest BCUT2D eigenvalue weighted by Crippen LogP contribution is -2.37. The molecular formula is C14H21ClN2O2S. The molecule has 1 saturated carbocycles. The van der Waals surface area contributed by atoms with E-state index in [1.165, 1.54) is 37.5 Å². The van der Waals surface area contributed by atoms with Gasteiger partial charge in [-0.15, -0.1) is 0 Å². The lowest BCUT2D eigenvalue weighted by Gasteiger charge is -2.33. The van der Waals surface area contributed by atoms with Gasteiger partial charge < -0.3 is 5.73 Å². The molecule has 1 fully saturated rings.